The summed E-state index contributed by atoms with van der Waals surface area (Å²) in [5.41, 5.74) is 2.97. The van der Waals surface area contributed by atoms with Crippen LogP contribution in [-0.2, 0) is 4.74 Å². The van der Waals surface area contributed by atoms with Gasteiger partial charge in [0.15, 0.2) is 0 Å². The van der Waals surface area contributed by atoms with Crippen LogP contribution in [0.25, 0.3) is 5.70 Å². The molecule has 1 amide bonds. The summed E-state index contributed by atoms with van der Waals surface area (Å²) in [5, 5.41) is 2.79. The molecular formula is C27H30N2O4. The van der Waals surface area contributed by atoms with Crippen molar-refractivity contribution in [1.82, 2.24) is 10.2 Å². The molecule has 33 heavy (non-hydrogen) atoms. The molecule has 1 atom stereocenters. The fraction of sp³-hybridized carbons (Fsp3) is 0.296. The Morgan fingerprint density at radius 3 is 2.76 bits per heavy atom. The van der Waals surface area contributed by atoms with Gasteiger partial charge in [0, 0.05) is 30.4 Å². The second kappa shape index (κ2) is 10.3. The molecule has 0 spiro atoms. The van der Waals surface area contributed by atoms with E-state index >= 15 is 0 Å². The Morgan fingerprint density at radius 2 is 2.03 bits per heavy atom. The highest BCUT2D eigenvalue weighted by molar-refractivity contribution is 5.99. The normalized spacial score (nSPS) is 17.9. The number of furan rings is 1. The zero-order chi connectivity index (χ0) is 23.2. The zero-order valence-electron chi connectivity index (χ0n) is 19.1. The summed E-state index contributed by atoms with van der Waals surface area (Å²) in [5.74, 6) is 1.47. The minimum atomic E-state index is -0.251. The van der Waals surface area contributed by atoms with Crippen LogP contribution in [-0.4, -0.2) is 36.1 Å². The van der Waals surface area contributed by atoms with Crippen molar-refractivity contribution in [2.45, 2.75) is 38.9 Å². The van der Waals surface area contributed by atoms with E-state index in [0.29, 0.717) is 11.3 Å². The molecule has 0 bridgehead atoms. The largest absolute Gasteiger partial charge is 0.491 e. The molecule has 6 nitrogen and oxygen atoms in total. The number of nitrogens with one attached hydrogen (secondary N) is 1. The van der Waals surface area contributed by atoms with Crippen molar-refractivity contribution in [3.8, 4) is 5.75 Å². The zero-order valence-corrected chi connectivity index (χ0v) is 19.1. The first-order chi connectivity index (χ1) is 16.0. The maximum atomic E-state index is 12.2. The number of benzene rings is 1. The number of carbonyl (C=O) groups excluding carboxylic acids is 1. The fourth-order valence-electron chi connectivity index (χ4n) is 3.84. The Bertz CT molecular complexity index is 1060. The third kappa shape index (κ3) is 5.98. The molecule has 1 aliphatic heterocycles. The molecule has 1 unspecified atom stereocenters. The van der Waals surface area contributed by atoms with Crippen molar-refractivity contribution >= 4 is 11.6 Å². The maximum Gasteiger partial charge on any atom is 0.258 e. The van der Waals surface area contributed by atoms with E-state index in [9.17, 15) is 4.79 Å². The van der Waals surface area contributed by atoms with E-state index in [1.54, 1.807) is 6.07 Å². The molecule has 2 heterocycles. The molecule has 0 saturated carbocycles. The fourth-order valence-corrected chi connectivity index (χ4v) is 3.84. The number of allylic oxidation sites excluding steroid dienone is 4. The number of carbonyl (C=O) groups is 1. The first-order valence-corrected chi connectivity index (χ1v) is 11.3. The Hall–Kier alpha value is -3.67. The van der Waals surface area contributed by atoms with Crippen LogP contribution in [0, 0.1) is 0 Å². The summed E-state index contributed by atoms with van der Waals surface area (Å²) in [4.78, 5) is 14.5. The third-order valence-corrected chi connectivity index (χ3v) is 5.47. The predicted octanol–water partition coefficient (Wildman–Crippen LogP) is 5.29. The average Bonchev–Trinajstić information content (AvgIpc) is 3.44. The van der Waals surface area contributed by atoms with Gasteiger partial charge in [-0.3, -0.25) is 4.79 Å². The SMILES string of the molecule is C=C(NC(=O)c1ccoc1)c1ccc(OC2CCN(C3=CC(OC(C)C)=CCC=C3)C2)cc1. The second-order valence-electron chi connectivity index (χ2n) is 8.42. The maximum absolute atomic E-state index is 12.2. The summed E-state index contributed by atoms with van der Waals surface area (Å²) in [7, 11) is 0. The lowest BCUT2D eigenvalue weighted by atomic mass is 10.1. The van der Waals surface area contributed by atoms with Crippen LogP contribution in [0.3, 0.4) is 0 Å². The van der Waals surface area contributed by atoms with Crippen LogP contribution >= 0.6 is 0 Å². The number of ether oxygens (including phenoxy) is 2. The number of hydrogen-bond acceptors (Lipinski definition) is 5. The standard InChI is InChI=1S/C27H30N2O4/c1-19(2)32-25-7-5-4-6-23(16-25)29-14-12-26(17-29)33-24-10-8-21(9-11-24)20(3)28-27(30)22-13-15-31-18-22/h4,6-11,13,15-16,18-19,26H,3,5,12,14,17H2,1-2H3,(H,28,30). The molecule has 1 saturated heterocycles. The van der Waals surface area contributed by atoms with Gasteiger partial charge in [-0.2, -0.15) is 0 Å². The molecule has 4 rings (SSSR count). The van der Waals surface area contributed by atoms with Gasteiger partial charge in [-0.05, 0) is 68.3 Å². The van der Waals surface area contributed by atoms with Gasteiger partial charge in [-0.1, -0.05) is 12.7 Å². The van der Waals surface area contributed by atoms with Crippen LogP contribution in [0.1, 0.15) is 42.6 Å². The first kappa shape index (κ1) is 22.5. The molecule has 6 heteroatoms. The quantitative estimate of drug-likeness (QED) is 0.597. The van der Waals surface area contributed by atoms with E-state index in [4.69, 9.17) is 13.9 Å². The van der Waals surface area contributed by atoms with E-state index in [1.807, 2.05) is 38.1 Å². The second-order valence-corrected chi connectivity index (χ2v) is 8.42. The lowest BCUT2D eigenvalue weighted by Gasteiger charge is -2.21. The van der Waals surface area contributed by atoms with Crippen molar-refractivity contribution in [3.05, 3.63) is 96.3 Å². The highest BCUT2D eigenvalue weighted by Gasteiger charge is 2.25. The Balaban J connectivity index is 1.32. The van der Waals surface area contributed by atoms with Crippen LogP contribution in [0.5, 0.6) is 5.75 Å². The van der Waals surface area contributed by atoms with Crippen LogP contribution < -0.4 is 10.1 Å². The van der Waals surface area contributed by atoms with Gasteiger partial charge in [-0.25, -0.2) is 0 Å². The van der Waals surface area contributed by atoms with E-state index < -0.39 is 0 Å². The minimum Gasteiger partial charge on any atom is -0.491 e. The number of rotatable bonds is 8. The lowest BCUT2D eigenvalue weighted by Crippen LogP contribution is -2.24. The van der Waals surface area contributed by atoms with Crippen LogP contribution in [0.2, 0.25) is 0 Å². The molecule has 1 aromatic heterocycles. The summed E-state index contributed by atoms with van der Waals surface area (Å²) in [6, 6.07) is 9.23. The smallest absolute Gasteiger partial charge is 0.258 e. The van der Waals surface area contributed by atoms with Crippen molar-refractivity contribution in [3.63, 3.8) is 0 Å². The summed E-state index contributed by atoms with van der Waals surface area (Å²) in [6.45, 7) is 9.80. The molecule has 0 radical (unpaired) electrons. The third-order valence-electron chi connectivity index (χ3n) is 5.47. The highest BCUT2D eigenvalue weighted by Crippen LogP contribution is 2.25. The van der Waals surface area contributed by atoms with E-state index in [2.05, 4.69) is 41.1 Å². The van der Waals surface area contributed by atoms with Crippen molar-refractivity contribution < 1.29 is 18.7 Å². The minimum absolute atomic E-state index is 0.107. The Labute approximate surface area is 194 Å². The molecule has 1 aliphatic carbocycles. The van der Waals surface area contributed by atoms with Gasteiger partial charge >= 0.3 is 0 Å². The molecule has 1 N–H and O–H groups in total. The van der Waals surface area contributed by atoms with Crippen molar-refractivity contribution in [2.24, 2.45) is 0 Å². The van der Waals surface area contributed by atoms with Gasteiger partial charge in [0.1, 0.15) is 23.9 Å². The Morgan fingerprint density at radius 1 is 1.21 bits per heavy atom. The van der Waals surface area contributed by atoms with Gasteiger partial charge in [0.2, 0.25) is 0 Å². The van der Waals surface area contributed by atoms with Gasteiger partial charge < -0.3 is 24.1 Å². The van der Waals surface area contributed by atoms with E-state index in [-0.39, 0.29) is 18.1 Å². The first-order valence-electron chi connectivity index (χ1n) is 11.3. The number of nitrogens with zero attached hydrogens (tertiary/aromatic N) is 1. The van der Waals surface area contributed by atoms with E-state index in [1.165, 1.54) is 12.5 Å². The summed E-state index contributed by atoms with van der Waals surface area (Å²) < 4.78 is 17.1. The average molecular weight is 447 g/mol. The van der Waals surface area contributed by atoms with E-state index in [0.717, 1.165) is 48.7 Å². The highest BCUT2D eigenvalue weighted by atomic mass is 16.5. The molecule has 172 valence electrons. The molecule has 2 aliphatic rings. The topological polar surface area (TPSA) is 63.9 Å². The van der Waals surface area contributed by atoms with Gasteiger partial charge in [-0.15, -0.1) is 0 Å². The van der Waals surface area contributed by atoms with Gasteiger partial charge in [0.05, 0.1) is 24.5 Å². The van der Waals surface area contributed by atoms with Crippen molar-refractivity contribution in [2.75, 3.05) is 13.1 Å². The monoisotopic (exact) mass is 446 g/mol. The summed E-state index contributed by atoms with van der Waals surface area (Å²) in [6.07, 6.45) is 13.5. The predicted molar refractivity (Wildman–Crippen MR) is 128 cm³/mol. The molecule has 1 aromatic carbocycles. The molecule has 2 aromatic rings. The number of amides is 1. The molecule has 1 fully saturated rings. The van der Waals surface area contributed by atoms with Crippen LogP contribution in [0.15, 0.2) is 89.6 Å². The van der Waals surface area contributed by atoms with Crippen molar-refractivity contribution in [1.29, 1.82) is 0 Å². The van der Waals surface area contributed by atoms with Crippen LogP contribution in [0.4, 0.5) is 0 Å². The lowest BCUT2D eigenvalue weighted by molar-refractivity contribution is 0.0973. The Kier molecular flexibility index (Phi) is 7.03. The summed E-state index contributed by atoms with van der Waals surface area (Å²) >= 11 is 0. The molecular weight excluding hydrogens is 416 g/mol. The van der Waals surface area contributed by atoms with Gasteiger partial charge in [0.25, 0.3) is 5.91 Å². The number of hydrogen-bond donors (Lipinski definition) is 1. The number of likely N-dealkylation sites (tertiary alicyclic amines) is 1.